The predicted octanol–water partition coefficient (Wildman–Crippen LogP) is 2.82. The van der Waals surface area contributed by atoms with Crippen molar-refractivity contribution in [3.8, 4) is 17.2 Å². The summed E-state index contributed by atoms with van der Waals surface area (Å²) in [4.78, 5) is 12.2. The molecule has 0 spiro atoms. The minimum absolute atomic E-state index is 0.157. The zero-order valence-corrected chi connectivity index (χ0v) is 15.7. The molecule has 3 aromatic rings. The van der Waals surface area contributed by atoms with Crippen LogP contribution in [0.15, 0.2) is 35.1 Å². The lowest BCUT2D eigenvalue weighted by Gasteiger charge is -2.15. The number of ether oxygens (including phenoxy) is 2. The minimum Gasteiger partial charge on any atom is -0.496 e. The van der Waals surface area contributed by atoms with Crippen molar-refractivity contribution in [3.05, 3.63) is 62.5 Å². The highest BCUT2D eigenvalue weighted by molar-refractivity contribution is 6.32. The van der Waals surface area contributed by atoms with Crippen LogP contribution in [0.4, 0.5) is 0 Å². The summed E-state index contributed by atoms with van der Waals surface area (Å²) in [5.74, 6) is 1.15. The molecule has 0 aliphatic heterocycles. The number of methoxy groups -OCH3 is 1. The van der Waals surface area contributed by atoms with Crippen LogP contribution in [-0.4, -0.2) is 26.9 Å². The van der Waals surface area contributed by atoms with Crippen molar-refractivity contribution in [2.75, 3.05) is 7.11 Å². The van der Waals surface area contributed by atoms with Crippen LogP contribution >= 0.6 is 11.6 Å². The van der Waals surface area contributed by atoms with E-state index in [-0.39, 0.29) is 12.3 Å². The zero-order chi connectivity index (χ0) is 18.8. The van der Waals surface area contributed by atoms with E-state index in [1.807, 2.05) is 26.0 Å². The van der Waals surface area contributed by atoms with Crippen LogP contribution in [0.5, 0.6) is 11.5 Å². The quantitative estimate of drug-likeness (QED) is 0.686. The number of rotatable bonds is 5. The van der Waals surface area contributed by atoms with E-state index in [2.05, 4.69) is 10.4 Å². The van der Waals surface area contributed by atoms with Gasteiger partial charge in [-0.3, -0.25) is 0 Å². The van der Waals surface area contributed by atoms with Gasteiger partial charge < -0.3 is 9.47 Å². The second kappa shape index (κ2) is 7.21. The van der Waals surface area contributed by atoms with Crippen molar-refractivity contribution >= 4 is 11.6 Å². The summed E-state index contributed by atoms with van der Waals surface area (Å²) in [5.41, 5.74) is 3.03. The van der Waals surface area contributed by atoms with Gasteiger partial charge in [0, 0.05) is 7.05 Å². The van der Waals surface area contributed by atoms with E-state index >= 15 is 0 Å². The third kappa shape index (κ3) is 3.30. The summed E-state index contributed by atoms with van der Waals surface area (Å²) in [6.45, 7) is 4.14. The van der Waals surface area contributed by atoms with Crippen LogP contribution in [0.2, 0.25) is 5.02 Å². The smallest absolute Gasteiger partial charge is 0.368 e. The molecule has 3 rings (SSSR count). The van der Waals surface area contributed by atoms with Crippen molar-refractivity contribution in [3.63, 3.8) is 0 Å². The Hall–Kier alpha value is -2.80. The number of halogens is 1. The molecule has 2 aromatic carbocycles. The first-order valence-corrected chi connectivity index (χ1v) is 8.35. The molecule has 0 bridgehead atoms. The number of hydrogen-bond donors (Lipinski definition) is 0. The molecular weight excluding hydrogens is 356 g/mol. The van der Waals surface area contributed by atoms with Crippen molar-refractivity contribution < 1.29 is 9.47 Å². The van der Waals surface area contributed by atoms with E-state index in [1.54, 1.807) is 25.3 Å². The lowest BCUT2D eigenvalue weighted by atomic mass is 10.1. The number of tetrazole rings is 1. The normalized spacial score (nSPS) is 10.8. The van der Waals surface area contributed by atoms with Crippen molar-refractivity contribution in [2.24, 2.45) is 7.05 Å². The summed E-state index contributed by atoms with van der Waals surface area (Å²) in [6, 6.07) is 9.09. The Morgan fingerprint density at radius 3 is 2.50 bits per heavy atom. The molecular formula is C18H19ClN4O3. The topological polar surface area (TPSA) is 71.2 Å². The highest BCUT2D eigenvalue weighted by Gasteiger charge is 2.16. The summed E-state index contributed by atoms with van der Waals surface area (Å²) in [5, 5.41) is 8.19. The van der Waals surface area contributed by atoms with Gasteiger partial charge in [-0.15, -0.1) is 0 Å². The van der Waals surface area contributed by atoms with Gasteiger partial charge in [0.2, 0.25) is 0 Å². The van der Waals surface area contributed by atoms with Crippen molar-refractivity contribution in [1.82, 2.24) is 19.8 Å². The van der Waals surface area contributed by atoms with Crippen molar-refractivity contribution in [1.29, 1.82) is 0 Å². The third-order valence-corrected chi connectivity index (χ3v) is 4.49. The van der Waals surface area contributed by atoms with E-state index in [1.165, 1.54) is 11.7 Å². The van der Waals surface area contributed by atoms with Crippen molar-refractivity contribution in [2.45, 2.75) is 20.5 Å². The van der Waals surface area contributed by atoms with Gasteiger partial charge >= 0.3 is 5.69 Å². The molecule has 0 fully saturated rings. The van der Waals surface area contributed by atoms with Crippen LogP contribution in [0, 0.1) is 13.8 Å². The number of aryl methyl sites for hydroxylation is 3. The van der Waals surface area contributed by atoms with Crippen LogP contribution in [-0.2, 0) is 13.7 Å². The van der Waals surface area contributed by atoms with Crippen LogP contribution in [0.3, 0.4) is 0 Å². The summed E-state index contributed by atoms with van der Waals surface area (Å²) in [6.07, 6.45) is 0. The Kier molecular flexibility index (Phi) is 4.99. The first-order chi connectivity index (χ1) is 12.4. The second-order valence-electron chi connectivity index (χ2n) is 5.91. The van der Waals surface area contributed by atoms with Gasteiger partial charge in [0.05, 0.1) is 23.4 Å². The number of aromatic nitrogens is 4. The lowest BCUT2D eigenvalue weighted by molar-refractivity contribution is 0.296. The Morgan fingerprint density at radius 2 is 1.85 bits per heavy atom. The summed E-state index contributed by atoms with van der Waals surface area (Å²) >= 11 is 6.29. The van der Waals surface area contributed by atoms with Gasteiger partial charge in [-0.05, 0) is 59.7 Å². The minimum atomic E-state index is -0.358. The lowest BCUT2D eigenvalue weighted by Crippen LogP contribution is -2.23. The van der Waals surface area contributed by atoms with Crippen LogP contribution in [0.1, 0.15) is 16.7 Å². The fourth-order valence-corrected chi connectivity index (χ4v) is 2.84. The third-order valence-electron chi connectivity index (χ3n) is 4.20. The van der Waals surface area contributed by atoms with E-state index in [9.17, 15) is 4.79 Å². The van der Waals surface area contributed by atoms with E-state index in [0.29, 0.717) is 27.8 Å². The Bertz CT molecular complexity index is 1010. The van der Waals surface area contributed by atoms with Gasteiger partial charge in [-0.25, -0.2) is 4.79 Å². The zero-order valence-electron chi connectivity index (χ0n) is 15.0. The summed E-state index contributed by atoms with van der Waals surface area (Å²) in [7, 11) is 3.10. The number of benzene rings is 2. The highest BCUT2D eigenvalue weighted by atomic mass is 35.5. The maximum atomic E-state index is 12.2. The molecule has 7 nitrogen and oxygen atoms in total. The molecule has 0 radical (unpaired) electrons. The first kappa shape index (κ1) is 18.0. The van der Waals surface area contributed by atoms with Gasteiger partial charge in [0.25, 0.3) is 0 Å². The molecule has 1 heterocycles. The SMILES string of the molecule is COc1cccc(-n2nnn(C)c2=O)c1COc1cc(C)c(C)cc1Cl. The van der Waals surface area contributed by atoms with E-state index in [0.717, 1.165) is 15.8 Å². The van der Waals surface area contributed by atoms with Crippen LogP contribution < -0.4 is 15.2 Å². The Labute approximate surface area is 155 Å². The Balaban J connectivity index is 2.01. The molecule has 0 amide bonds. The molecule has 0 saturated carbocycles. The van der Waals surface area contributed by atoms with Gasteiger partial charge in [-0.1, -0.05) is 17.7 Å². The molecule has 136 valence electrons. The fourth-order valence-electron chi connectivity index (χ4n) is 2.57. The fraction of sp³-hybridized carbons (Fsp3) is 0.278. The number of hydrogen-bond acceptors (Lipinski definition) is 5. The molecule has 0 atom stereocenters. The molecule has 0 saturated heterocycles. The molecule has 0 aliphatic rings. The molecule has 0 N–H and O–H groups in total. The molecule has 0 unspecified atom stereocenters. The number of nitrogens with zero attached hydrogens (tertiary/aromatic N) is 4. The molecule has 0 aliphatic carbocycles. The molecule has 8 heteroatoms. The standard InChI is InChI=1S/C18H19ClN4O3/c1-11-8-14(19)17(9-12(11)2)26-10-13-15(6-5-7-16(13)25-4)23-18(24)22(3)20-21-23/h5-9H,10H2,1-4H3. The average Bonchev–Trinajstić information content (AvgIpc) is 2.95. The second-order valence-corrected chi connectivity index (χ2v) is 6.32. The largest absolute Gasteiger partial charge is 0.496 e. The first-order valence-electron chi connectivity index (χ1n) is 7.97. The van der Waals surface area contributed by atoms with E-state index in [4.69, 9.17) is 21.1 Å². The molecule has 1 aromatic heterocycles. The predicted molar refractivity (Wildman–Crippen MR) is 98.4 cm³/mol. The van der Waals surface area contributed by atoms with Crippen LogP contribution in [0.25, 0.3) is 5.69 Å². The Morgan fingerprint density at radius 1 is 1.12 bits per heavy atom. The van der Waals surface area contributed by atoms with Gasteiger partial charge in [0.15, 0.2) is 0 Å². The van der Waals surface area contributed by atoms with Gasteiger partial charge in [-0.2, -0.15) is 9.36 Å². The molecule has 26 heavy (non-hydrogen) atoms. The van der Waals surface area contributed by atoms with Gasteiger partial charge in [0.1, 0.15) is 18.1 Å². The maximum Gasteiger partial charge on any atom is 0.368 e. The monoisotopic (exact) mass is 374 g/mol. The maximum absolute atomic E-state index is 12.2. The summed E-state index contributed by atoms with van der Waals surface area (Å²) < 4.78 is 13.7. The average molecular weight is 375 g/mol. The van der Waals surface area contributed by atoms with E-state index < -0.39 is 0 Å². The highest BCUT2D eigenvalue weighted by Crippen LogP contribution is 2.31.